The number of amidine groups is 1. The molecule has 0 aliphatic rings. The van der Waals surface area contributed by atoms with Crippen molar-refractivity contribution in [3.05, 3.63) is 147 Å². The molecule has 4 amide bonds. The van der Waals surface area contributed by atoms with E-state index >= 15 is 0 Å². The molecule has 0 bridgehead atoms. The van der Waals surface area contributed by atoms with Gasteiger partial charge in [0.1, 0.15) is 34.5 Å². The third-order valence-corrected chi connectivity index (χ3v) is 9.66. The maximum absolute atomic E-state index is 14.6. The normalized spacial score (nSPS) is 11.5. The minimum atomic E-state index is -5.06. The number of rotatable bonds is 18. The first-order valence-corrected chi connectivity index (χ1v) is 19.5. The lowest BCUT2D eigenvalue weighted by atomic mass is 10.0. The molecule has 66 heavy (non-hydrogen) atoms. The fourth-order valence-corrected chi connectivity index (χ4v) is 6.64. The smallest absolute Gasteiger partial charge is 0.434 e. The Balaban J connectivity index is 1.08. The monoisotopic (exact) mass is 912 g/mol. The van der Waals surface area contributed by atoms with Crippen LogP contribution in [0.25, 0.3) is 22.2 Å². The fourth-order valence-electron chi connectivity index (χ4n) is 6.64. The second-order valence-electron chi connectivity index (χ2n) is 14.0. The van der Waals surface area contributed by atoms with Crippen LogP contribution in [0, 0.1) is 11.2 Å². The molecule has 6 aromatic rings. The van der Waals surface area contributed by atoms with Crippen LogP contribution in [0.3, 0.4) is 0 Å². The number of amides is 4. The van der Waals surface area contributed by atoms with Crippen molar-refractivity contribution < 1.29 is 51.0 Å². The molecule has 0 radical (unpaired) electrons. The predicted molar refractivity (Wildman–Crippen MR) is 233 cm³/mol. The Bertz CT molecular complexity index is 2920. The Morgan fingerprint density at radius 2 is 1.56 bits per heavy atom. The summed E-state index contributed by atoms with van der Waals surface area (Å²) in [5.74, 6) is -4.34. The number of pyridine rings is 1. The summed E-state index contributed by atoms with van der Waals surface area (Å²) in [6.07, 6.45) is -3.03. The summed E-state index contributed by atoms with van der Waals surface area (Å²) in [4.78, 5) is 66.1. The lowest BCUT2D eigenvalue weighted by molar-refractivity contribution is -0.143. The lowest BCUT2D eigenvalue weighted by Crippen LogP contribution is -2.36. The number of hydrogen-bond donors (Lipinski definition) is 8. The van der Waals surface area contributed by atoms with Crippen LogP contribution in [0.1, 0.15) is 37.5 Å². The zero-order valence-electron chi connectivity index (χ0n) is 34.9. The van der Waals surface area contributed by atoms with Gasteiger partial charge in [0.05, 0.1) is 42.9 Å². The minimum Gasteiger partial charge on any atom is -0.497 e. The third kappa shape index (κ3) is 10.9. The SMILES string of the molecule is COc1cc(NC(=O)c2cnn(-c3cccc4c(=O)[nH]ccc34)c2C(F)(F)F)cc(OCC(=O)NCCN/C(=C(\C(=N)N)C(N)=O)c2ccc(CNC(=O)c3cc(F)ccc3OC)cc2)c1. The number of alkyl halides is 3. The average Bonchev–Trinajstić information content (AvgIpc) is 3.75. The van der Waals surface area contributed by atoms with E-state index in [9.17, 15) is 41.5 Å². The van der Waals surface area contributed by atoms with Crippen LogP contribution >= 0.6 is 0 Å². The molecular weight excluding hydrogens is 873 g/mol. The van der Waals surface area contributed by atoms with Gasteiger partial charge in [0.15, 0.2) is 12.3 Å². The number of methoxy groups -OCH3 is 2. The molecule has 0 unspecified atom stereocenters. The molecule has 18 nitrogen and oxygen atoms in total. The van der Waals surface area contributed by atoms with Crippen molar-refractivity contribution >= 4 is 51.6 Å². The number of aromatic amines is 1. The van der Waals surface area contributed by atoms with E-state index in [1.165, 1.54) is 68.9 Å². The summed E-state index contributed by atoms with van der Waals surface area (Å²) >= 11 is 0. The van der Waals surface area contributed by atoms with Crippen molar-refractivity contribution in [1.29, 1.82) is 5.41 Å². The number of H-pyrrole nitrogens is 1. The molecule has 0 spiro atoms. The molecular formula is C44H40F4N10O8. The largest absolute Gasteiger partial charge is 0.497 e. The number of nitrogens with one attached hydrogen (secondary N) is 6. The van der Waals surface area contributed by atoms with Gasteiger partial charge < -0.3 is 51.9 Å². The number of hydrogen-bond acceptors (Lipinski definition) is 11. The predicted octanol–water partition coefficient (Wildman–Crippen LogP) is 3.99. The zero-order chi connectivity index (χ0) is 47.7. The molecule has 0 atom stereocenters. The summed E-state index contributed by atoms with van der Waals surface area (Å²) < 4.78 is 74.1. The van der Waals surface area contributed by atoms with Gasteiger partial charge in [-0.3, -0.25) is 29.4 Å². The topological polar surface area (TPSA) is 271 Å². The number of carbonyl (C=O) groups excluding carboxylic acids is 4. The molecule has 2 aromatic heterocycles. The molecule has 0 saturated heterocycles. The van der Waals surface area contributed by atoms with Crippen LogP contribution in [-0.2, 0) is 22.3 Å². The number of ether oxygens (including phenoxy) is 3. The number of halogens is 4. The first-order valence-electron chi connectivity index (χ1n) is 19.5. The van der Waals surface area contributed by atoms with Gasteiger partial charge in [-0.25, -0.2) is 9.07 Å². The van der Waals surface area contributed by atoms with Gasteiger partial charge in [-0.05, 0) is 47.5 Å². The Labute approximate surface area is 371 Å². The molecule has 4 aromatic carbocycles. The number of carbonyl (C=O) groups is 4. The number of nitrogens with two attached hydrogens (primary N) is 2. The first-order chi connectivity index (χ1) is 31.5. The molecule has 0 aliphatic heterocycles. The van der Waals surface area contributed by atoms with Crippen LogP contribution in [-0.4, -0.2) is 78.1 Å². The minimum absolute atomic E-state index is 0.000113. The van der Waals surface area contributed by atoms with Crippen molar-refractivity contribution in [1.82, 2.24) is 30.7 Å². The second-order valence-corrected chi connectivity index (χ2v) is 14.0. The maximum atomic E-state index is 14.6. The molecule has 22 heteroatoms. The second kappa shape index (κ2) is 20.2. The van der Waals surface area contributed by atoms with E-state index in [2.05, 4.69) is 31.3 Å². The Morgan fingerprint density at radius 1 is 0.833 bits per heavy atom. The summed E-state index contributed by atoms with van der Waals surface area (Å²) in [6, 6.07) is 19.5. The number of fused-ring (bicyclic) bond motifs is 1. The summed E-state index contributed by atoms with van der Waals surface area (Å²) in [7, 11) is 2.65. The van der Waals surface area contributed by atoms with Gasteiger partial charge >= 0.3 is 6.18 Å². The van der Waals surface area contributed by atoms with Gasteiger partial charge in [-0.1, -0.05) is 30.3 Å². The van der Waals surface area contributed by atoms with Gasteiger partial charge in [-0.2, -0.15) is 18.3 Å². The van der Waals surface area contributed by atoms with Crippen LogP contribution < -0.4 is 52.5 Å². The van der Waals surface area contributed by atoms with Crippen molar-refractivity contribution in [3.63, 3.8) is 0 Å². The molecule has 2 heterocycles. The van der Waals surface area contributed by atoms with Gasteiger partial charge in [0.2, 0.25) is 0 Å². The molecule has 6 rings (SSSR count). The molecule has 0 aliphatic carbocycles. The highest BCUT2D eigenvalue weighted by Crippen LogP contribution is 2.36. The van der Waals surface area contributed by atoms with E-state index < -0.39 is 64.9 Å². The number of anilines is 1. The van der Waals surface area contributed by atoms with Crippen molar-refractivity contribution in [2.45, 2.75) is 12.7 Å². The van der Waals surface area contributed by atoms with Gasteiger partial charge in [0.25, 0.3) is 29.2 Å². The van der Waals surface area contributed by atoms with Crippen molar-refractivity contribution in [3.8, 4) is 22.9 Å². The highest BCUT2D eigenvalue weighted by Gasteiger charge is 2.41. The van der Waals surface area contributed by atoms with Crippen LogP contribution in [0.5, 0.6) is 17.2 Å². The fraction of sp³-hybridized carbons (Fsp3) is 0.159. The third-order valence-electron chi connectivity index (χ3n) is 9.66. The highest BCUT2D eigenvalue weighted by atomic mass is 19.4. The van der Waals surface area contributed by atoms with Crippen molar-refractivity contribution in [2.24, 2.45) is 11.5 Å². The molecule has 0 saturated carbocycles. The maximum Gasteiger partial charge on any atom is 0.434 e. The average molecular weight is 913 g/mol. The Kier molecular flexibility index (Phi) is 14.3. The Hall–Kier alpha value is -8.69. The van der Waals surface area contributed by atoms with Gasteiger partial charge in [-0.15, -0.1) is 0 Å². The van der Waals surface area contributed by atoms with Crippen LogP contribution in [0.15, 0.2) is 108 Å². The standard InChI is InChI=1S/C44H40F4N10O8/c1-64-27-17-26(57-43(63)32-21-56-58(38(32)44(46,47)48)33-5-3-4-30-29(33)12-13-54-41(30)61)18-28(19-27)66-22-35(59)52-14-15-53-37(36(39(49)50)40(51)60)24-8-6-23(7-9-24)20-55-42(62)31-16-25(45)10-11-34(31)65-2/h3-13,16-19,21,53H,14-15,20,22H2,1-2H3,(H3,49,50)(H2,51,60)(H,52,59)(H,54,61)(H,55,62)(H,57,63)/b37-36+. The summed E-state index contributed by atoms with van der Waals surface area (Å²) in [5.41, 5.74) is 9.11. The quantitative estimate of drug-likeness (QED) is 0.0201. The molecule has 342 valence electrons. The first kappa shape index (κ1) is 46.8. The van der Waals surface area contributed by atoms with E-state index in [-0.39, 0.29) is 75.9 Å². The number of primary amides is 1. The number of benzene rings is 4. The van der Waals surface area contributed by atoms with Crippen LogP contribution in [0.4, 0.5) is 23.2 Å². The van der Waals surface area contributed by atoms with Crippen LogP contribution in [0.2, 0.25) is 0 Å². The van der Waals surface area contributed by atoms with E-state index in [0.29, 0.717) is 15.8 Å². The van der Waals surface area contributed by atoms with Crippen molar-refractivity contribution in [2.75, 3.05) is 39.2 Å². The number of aromatic nitrogens is 3. The van der Waals surface area contributed by atoms with E-state index in [1.54, 1.807) is 24.3 Å². The van der Waals surface area contributed by atoms with Gasteiger partial charge in [0, 0.05) is 60.5 Å². The van der Waals surface area contributed by atoms with E-state index in [4.69, 9.17) is 31.1 Å². The zero-order valence-corrected chi connectivity index (χ0v) is 34.9. The highest BCUT2D eigenvalue weighted by molar-refractivity contribution is 6.23. The lowest BCUT2D eigenvalue weighted by Gasteiger charge is -2.17. The number of nitrogens with zero attached hydrogens (tertiary/aromatic N) is 2. The molecule has 10 N–H and O–H groups in total. The summed E-state index contributed by atoms with van der Waals surface area (Å²) in [5, 5.41) is 22.8. The molecule has 0 fully saturated rings. The Morgan fingerprint density at radius 3 is 2.24 bits per heavy atom. The van der Waals surface area contributed by atoms with E-state index in [1.807, 2.05) is 0 Å². The summed E-state index contributed by atoms with van der Waals surface area (Å²) in [6.45, 7) is -0.587. The van der Waals surface area contributed by atoms with E-state index in [0.717, 1.165) is 18.3 Å².